The lowest BCUT2D eigenvalue weighted by atomic mass is 9.82. The molecule has 5 atom stereocenters. The molecule has 6 nitrogen and oxygen atoms in total. The largest absolute Gasteiger partial charge is 0.481 e. The van der Waals surface area contributed by atoms with Crippen molar-refractivity contribution in [3.63, 3.8) is 0 Å². The Balaban J connectivity index is 1.77. The molecule has 0 spiro atoms. The van der Waals surface area contributed by atoms with Crippen LogP contribution in [-0.4, -0.2) is 42.4 Å². The van der Waals surface area contributed by atoms with Gasteiger partial charge in [0, 0.05) is 0 Å². The number of hydrogen-bond acceptors (Lipinski definition) is 4. The second kappa shape index (κ2) is 4.56. The van der Waals surface area contributed by atoms with E-state index in [4.69, 9.17) is 0 Å². The third-order valence-corrected chi connectivity index (χ3v) is 6.88. The van der Waals surface area contributed by atoms with Crippen molar-refractivity contribution >= 4 is 21.7 Å². The molecule has 1 amide bonds. The first-order valence-electron chi connectivity index (χ1n) is 7.14. The summed E-state index contributed by atoms with van der Waals surface area (Å²) in [6, 6.07) is 0. The van der Waals surface area contributed by atoms with E-state index in [-0.39, 0.29) is 29.2 Å². The van der Waals surface area contributed by atoms with E-state index in [0.717, 1.165) is 0 Å². The molecule has 2 N–H and O–H groups in total. The number of aliphatic carboxylic acids is 1. The highest BCUT2D eigenvalue weighted by molar-refractivity contribution is 7.91. The first kappa shape index (κ1) is 14.6. The summed E-state index contributed by atoms with van der Waals surface area (Å²) >= 11 is 0. The minimum absolute atomic E-state index is 0.0438. The maximum absolute atomic E-state index is 12.5. The van der Waals surface area contributed by atoms with E-state index in [9.17, 15) is 23.1 Å². The Hall–Kier alpha value is -1.37. The molecule has 2 fully saturated rings. The van der Waals surface area contributed by atoms with E-state index in [2.05, 4.69) is 5.32 Å². The third-order valence-electron chi connectivity index (χ3n) is 4.98. The normalized spacial score (nSPS) is 43.1. The summed E-state index contributed by atoms with van der Waals surface area (Å²) in [6.45, 7) is 1.72. The zero-order valence-corrected chi connectivity index (χ0v) is 12.6. The zero-order valence-electron chi connectivity index (χ0n) is 11.8. The Kier molecular flexibility index (Phi) is 3.16. The highest BCUT2D eigenvalue weighted by Crippen LogP contribution is 2.48. The number of carbonyl (C=O) groups is 2. The summed E-state index contributed by atoms with van der Waals surface area (Å²) in [6.07, 6.45) is 4.89. The maximum atomic E-state index is 12.5. The third kappa shape index (κ3) is 2.47. The smallest absolute Gasteiger partial charge is 0.307 e. The minimum atomic E-state index is -3.11. The topological polar surface area (TPSA) is 101 Å². The predicted molar refractivity (Wildman–Crippen MR) is 75.2 cm³/mol. The van der Waals surface area contributed by atoms with Gasteiger partial charge < -0.3 is 10.4 Å². The number of rotatable bonds is 3. The molecule has 1 heterocycles. The number of allylic oxidation sites excluding steroid dienone is 2. The van der Waals surface area contributed by atoms with Gasteiger partial charge in [-0.1, -0.05) is 12.2 Å². The second-order valence-corrected chi connectivity index (χ2v) is 8.91. The van der Waals surface area contributed by atoms with Gasteiger partial charge in [-0.3, -0.25) is 9.59 Å². The summed E-state index contributed by atoms with van der Waals surface area (Å²) in [5, 5.41) is 12.2. The fraction of sp³-hybridized carbons (Fsp3) is 0.714. The Bertz CT molecular complexity index is 625. The Morgan fingerprint density at radius 1 is 1.24 bits per heavy atom. The molecule has 1 saturated heterocycles. The average molecular weight is 313 g/mol. The molecule has 2 aliphatic carbocycles. The van der Waals surface area contributed by atoms with Crippen molar-refractivity contribution in [1.82, 2.24) is 5.32 Å². The van der Waals surface area contributed by atoms with Crippen molar-refractivity contribution in [2.75, 3.05) is 11.5 Å². The van der Waals surface area contributed by atoms with Gasteiger partial charge in [0.25, 0.3) is 0 Å². The number of carboxylic acids is 1. The van der Waals surface area contributed by atoms with Gasteiger partial charge in [-0.2, -0.15) is 0 Å². The summed E-state index contributed by atoms with van der Waals surface area (Å²) in [5.74, 6) is -2.67. The molecule has 3 aliphatic rings. The van der Waals surface area contributed by atoms with Crippen molar-refractivity contribution < 1.29 is 23.1 Å². The summed E-state index contributed by atoms with van der Waals surface area (Å²) in [4.78, 5) is 23.9. The van der Waals surface area contributed by atoms with E-state index >= 15 is 0 Å². The Morgan fingerprint density at radius 2 is 1.86 bits per heavy atom. The molecule has 1 aliphatic heterocycles. The van der Waals surface area contributed by atoms with Crippen LogP contribution in [0.15, 0.2) is 12.2 Å². The van der Waals surface area contributed by atoms with Crippen molar-refractivity contribution in [3.05, 3.63) is 12.2 Å². The number of fused-ring (bicyclic) bond motifs is 2. The van der Waals surface area contributed by atoms with Crippen LogP contribution in [0, 0.1) is 23.7 Å². The second-order valence-electron chi connectivity index (χ2n) is 6.73. The fourth-order valence-corrected chi connectivity index (χ4v) is 6.10. The monoisotopic (exact) mass is 313 g/mol. The van der Waals surface area contributed by atoms with Crippen LogP contribution in [0.5, 0.6) is 0 Å². The lowest BCUT2D eigenvalue weighted by molar-refractivity contribution is -0.148. The van der Waals surface area contributed by atoms with Crippen LogP contribution >= 0.6 is 0 Å². The number of carboxylic acid groups (broad SMARTS) is 1. The van der Waals surface area contributed by atoms with Gasteiger partial charge in [-0.25, -0.2) is 8.42 Å². The van der Waals surface area contributed by atoms with Crippen molar-refractivity contribution in [1.29, 1.82) is 0 Å². The van der Waals surface area contributed by atoms with Crippen LogP contribution in [0.1, 0.15) is 19.8 Å². The summed E-state index contributed by atoms with van der Waals surface area (Å²) < 4.78 is 23.2. The zero-order chi connectivity index (χ0) is 15.4. The van der Waals surface area contributed by atoms with Crippen LogP contribution < -0.4 is 5.32 Å². The van der Waals surface area contributed by atoms with E-state index in [1.165, 1.54) is 0 Å². The van der Waals surface area contributed by atoms with E-state index in [1.807, 2.05) is 12.2 Å². The lowest BCUT2D eigenvalue weighted by Gasteiger charge is -2.30. The Labute approximate surface area is 123 Å². The molecule has 0 radical (unpaired) electrons. The number of hydrogen-bond donors (Lipinski definition) is 2. The van der Waals surface area contributed by atoms with E-state index in [0.29, 0.717) is 12.8 Å². The molecule has 0 unspecified atom stereocenters. The molecule has 7 heteroatoms. The van der Waals surface area contributed by atoms with Gasteiger partial charge in [0.15, 0.2) is 9.84 Å². The maximum Gasteiger partial charge on any atom is 0.307 e. The van der Waals surface area contributed by atoms with E-state index < -0.39 is 33.2 Å². The van der Waals surface area contributed by atoms with Crippen LogP contribution in [0.25, 0.3) is 0 Å². The van der Waals surface area contributed by atoms with Gasteiger partial charge in [0.1, 0.15) is 0 Å². The van der Waals surface area contributed by atoms with Crippen molar-refractivity contribution in [2.24, 2.45) is 23.7 Å². The van der Waals surface area contributed by atoms with Gasteiger partial charge in [0.2, 0.25) is 5.91 Å². The standard InChI is InChI=1S/C14H19NO5S/c1-14(4-5-21(19,20)7-14)15-12(16)10-8-2-3-9(6-8)11(10)13(17)18/h2-3,8-11H,4-7H2,1H3,(H,15,16)(H,17,18)/t8-,9+,10+,11+,14-/m1/s1. The van der Waals surface area contributed by atoms with Crippen LogP contribution in [0.3, 0.4) is 0 Å². The number of sulfone groups is 1. The van der Waals surface area contributed by atoms with Gasteiger partial charge in [0.05, 0.1) is 28.9 Å². The van der Waals surface area contributed by atoms with Crippen LogP contribution in [0.2, 0.25) is 0 Å². The van der Waals surface area contributed by atoms with Crippen LogP contribution in [0.4, 0.5) is 0 Å². The summed E-state index contributed by atoms with van der Waals surface area (Å²) in [5.41, 5.74) is -0.773. The van der Waals surface area contributed by atoms with Crippen LogP contribution in [-0.2, 0) is 19.4 Å². The summed E-state index contributed by atoms with van der Waals surface area (Å²) in [7, 11) is -3.11. The fourth-order valence-electron chi connectivity index (χ4n) is 4.01. The number of amides is 1. The molecular formula is C14H19NO5S. The Morgan fingerprint density at radius 3 is 2.38 bits per heavy atom. The quantitative estimate of drug-likeness (QED) is 0.725. The first-order chi connectivity index (χ1) is 9.71. The molecule has 0 aromatic rings. The number of carbonyl (C=O) groups excluding carboxylic acids is 1. The highest BCUT2D eigenvalue weighted by Gasteiger charge is 2.53. The lowest BCUT2D eigenvalue weighted by Crippen LogP contribution is -2.51. The van der Waals surface area contributed by atoms with E-state index in [1.54, 1.807) is 6.92 Å². The molecule has 0 aromatic carbocycles. The SMILES string of the molecule is C[C@@]1(NC(=O)[C@@H]2[C@@H](C(=O)O)[C@H]3C=C[C@@H]2C3)CCS(=O)(=O)C1. The minimum Gasteiger partial charge on any atom is -0.481 e. The molecule has 0 aromatic heterocycles. The molecular weight excluding hydrogens is 294 g/mol. The molecule has 21 heavy (non-hydrogen) atoms. The van der Waals surface area contributed by atoms with Gasteiger partial charge in [-0.15, -0.1) is 0 Å². The average Bonchev–Trinajstić information content (AvgIpc) is 3.01. The first-order valence-corrected chi connectivity index (χ1v) is 8.96. The van der Waals surface area contributed by atoms with Gasteiger partial charge in [-0.05, 0) is 31.6 Å². The van der Waals surface area contributed by atoms with Gasteiger partial charge >= 0.3 is 5.97 Å². The highest BCUT2D eigenvalue weighted by atomic mass is 32.2. The predicted octanol–water partition coefficient (Wildman–Crippen LogP) is 0.203. The molecule has 1 saturated carbocycles. The van der Waals surface area contributed by atoms with Crippen molar-refractivity contribution in [2.45, 2.75) is 25.3 Å². The number of nitrogens with one attached hydrogen (secondary N) is 1. The van der Waals surface area contributed by atoms with Crippen molar-refractivity contribution in [3.8, 4) is 0 Å². The molecule has 116 valence electrons. The molecule has 2 bridgehead atoms. The molecule has 3 rings (SSSR count).